The highest BCUT2D eigenvalue weighted by Gasteiger charge is 2.45. The molecular formula is C21H24N4O4S. The van der Waals surface area contributed by atoms with Gasteiger partial charge in [0.1, 0.15) is 5.75 Å². The van der Waals surface area contributed by atoms with Crippen LogP contribution in [0.5, 0.6) is 11.6 Å². The van der Waals surface area contributed by atoms with E-state index in [1.807, 2.05) is 6.92 Å². The van der Waals surface area contributed by atoms with Crippen LogP contribution in [0, 0.1) is 18.8 Å². The average Bonchev–Trinajstić information content (AvgIpc) is 3.27. The van der Waals surface area contributed by atoms with Crippen molar-refractivity contribution in [1.82, 2.24) is 19.6 Å². The van der Waals surface area contributed by atoms with Crippen molar-refractivity contribution in [3.63, 3.8) is 0 Å². The van der Waals surface area contributed by atoms with E-state index < -0.39 is 10.0 Å². The van der Waals surface area contributed by atoms with Crippen molar-refractivity contribution in [3.05, 3.63) is 55.0 Å². The minimum Gasteiger partial charge on any atom is -0.437 e. The Morgan fingerprint density at radius 3 is 2.47 bits per heavy atom. The number of benzene rings is 1. The third-order valence-corrected chi connectivity index (χ3v) is 7.51. The molecule has 1 amide bonds. The molecule has 1 aromatic carbocycles. The molecule has 0 bridgehead atoms. The van der Waals surface area contributed by atoms with Crippen LogP contribution in [0.4, 0.5) is 0 Å². The number of nitrogens with zero attached hydrogens (tertiary/aromatic N) is 3. The van der Waals surface area contributed by atoms with Gasteiger partial charge in [-0.15, -0.1) is 0 Å². The largest absolute Gasteiger partial charge is 0.437 e. The van der Waals surface area contributed by atoms with Gasteiger partial charge in [-0.05, 0) is 61.9 Å². The van der Waals surface area contributed by atoms with Gasteiger partial charge in [0.25, 0.3) is 0 Å². The second-order valence-corrected chi connectivity index (χ2v) is 9.73. The minimum absolute atomic E-state index is 0.0940. The van der Waals surface area contributed by atoms with E-state index in [2.05, 4.69) is 21.9 Å². The number of carbonyl (C=O) groups excluding carboxylic acids is 1. The summed E-state index contributed by atoms with van der Waals surface area (Å²) in [6, 6.07) is 6.43. The summed E-state index contributed by atoms with van der Waals surface area (Å²) >= 11 is 0. The van der Waals surface area contributed by atoms with Gasteiger partial charge < -0.3 is 10.1 Å². The maximum Gasteiger partial charge on any atom is 0.243 e. The average molecular weight is 429 g/mol. The topological polar surface area (TPSA) is 101 Å². The quantitative estimate of drug-likeness (QED) is 0.709. The first-order valence-electron chi connectivity index (χ1n) is 9.85. The van der Waals surface area contributed by atoms with Crippen LogP contribution in [0.25, 0.3) is 0 Å². The van der Waals surface area contributed by atoms with Gasteiger partial charge in [-0.25, -0.2) is 13.4 Å². The number of aryl methyl sites for hydroxylation is 1. The monoisotopic (exact) mass is 428 g/mol. The lowest BCUT2D eigenvalue weighted by molar-refractivity contribution is -0.117. The molecule has 2 atom stereocenters. The fraction of sp³-hybridized carbons (Fsp3) is 0.381. The molecule has 1 saturated heterocycles. The molecule has 1 N–H and O–H groups in total. The van der Waals surface area contributed by atoms with Crippen LogP contribution in [-0.2, 0) is 14.8 Å². The molecule has 2 aromatic rings. The number of nitrogens with one attached hydrogen (secondary N) is 1. The van der Waals surface area contributed by atoms with Gasteiger partial charge in [0, 0.05) is 25.3 Å². The Morgan fingerprint density at radius 2 is 1.87 bits per heavy atom. The van der Waals surface area contributed by atoms with Crippen LogP contribution in [-0.4, -0.2) is 47.7 Å². The smallest absolute Gasteiger partial charge is 0.243 e. The highest BCUT2D eigenvalue weighted by molar-refractivity contribution is 7.89. The molecule has 8 nitrogen and oxygen atoms in total. The Balaban J connectivity index is 1.40. The van der Waals surface area contributed by atoms with Crippen LogP contribution >= 0.6 is 0 Å². The van der Waals surface area contributed by atoms with Crippen LogP contribution in [0.2, 0.25) is 0 Å². The van der Waals surface area contributed by atoms with Gasteiger partial charge in [0.05, 0.1) is 16.8 Å². The van der Waals surface area contributed by atoms with Crippen molar-refractivity contribution >= 4 is 15.9 Å². The summed E-state index contributed by atoms with van der Waals surface area (Å²) in [4.78, 5) is 20.0. The molecule has 2 heterocycles. The molecule has 1 aromatic heterocycles. The standard InChI is InChI=1S/C21H24N4O4S/c1-3-20(26)24-17-8-15-12-25(13-16(15)9-17)30(27,28)19-6-4-18(5-7-19)29-21-11-22-10-14(2)23-21/h3-7,10-11,15-17H,1,8-9,12-13H2,2H3,(H,24,26). The molecule has 2 aliphatic rings. The summed E-state index contributed by atoms with van der Waals surface area (Å²) in [5, 5.41) is 2.92. The van der Waals surface area contributed by atoms with Crippen molar-refractivity contribution in [2.45, 2.75) is 30.7 Å². The Labute approximate surface area is 176 Å². The van der Waals surface area contributed by atoms with E-state index >= 15 is 0 Å². The molecule has 2 fully saturated rings. The molecule has 2 unspecified atom stereocenters. The maximum atomic E-state index is 13.1. The van der Waals surface area contributed by atoms with Crippen molar-refractivity contribution in [2.75, 3.05) is 13.1 Å². The van der Waals surface area contributed by atoms with Crippen molar-refractivity contribution in [2.24, 2.45) is 11.8 Å². The maximum absolute atomic E-state index is 13.1. The minimum atomic E-state index is -3.58. The first kappa shape index (κ1) is 20.5. The van der Waals surface area contributed by atoms with Gasteiger partial charge in [0.2, 0.25) is 21.8 Å². The predicted octanol–water partition coefficient (Wildman–Crippen LogP) is 2.28. The van der Waals surface area contributed by atoms with E-state index in [9.17, 15) is 13.2 Å². The number of hydrogen-bond donors (Lipinski definition) is 1. The molecule has 1 saturated carbocycles. The van der Waals surface area contributed by atoms with E-state index in [0.29, 0.717) is 24.7 Å². The zero-order valence-electron chi connectivity index (χ0n) is 16.7. The first-order valence-corrected chi connectivity index (χ1v) is 11.3. The van der Waals surface area contributed by atoms with E-state index in [-0.39, 0.29) is 28.7 Å². The van der Waals surface area contributed by atoms with Gasteiger partial charge in [-0.3, -0.25) is 9.78 Å². The third kappa shape index (κ3) is 4.22. The van der Waals surface area contributed by atoms with Crippen LogP contribution in [0.3, 0.4) is 0 Å². The van der Waals surface area contributed by atoms with Crippen molar-refractivity contribution in [3.8, 4) is 11.6 Å². The van der Waals surface area contributed by atoms with Gasteiger partial charge >= 0.3 is 0 Å². The molecule has 1 aliphatic carbocycles. The van der Waals surface area contributed by atoms with Gasteiger partial charge in [0.15, 0.2) is 0 Å². The number of rotatable bonds is 6. The van der Waals surface area contributed by atoms with E-state index in [1.54, 1.807) is 34.8 Å². The number of fused-ring (bicyclic) bond motifs is 1. The summed E-state index contributed by atoms with van der Waals surface area (Å²) in [7, 11) is -3.58. The Morgan fingerprint density at radius 1 is 1.20 bits per heavy atom. The summed E-state index contributed by atoms with van der Waals surface area (Å²) in [5.74, 6) is 1.20. The molecule has 0 radical (unpaired) electrons. The summed E-state index contributed by atoms with van der Waals surface area (Å²) in [6.07, 6.45) is 5.99. The number of carbonyl (C=O) groups is 1. The summed E-state index contributed by atoms with van der Waals surface area (Å²) in [6.45, 7) is 6.24. The second kappa shape index (κ2) is 8.16. The van der Waals surface area contributed by atoms with E-state index in [1.165, 1.54) is 12.3 Å². The number of amides is 1. The van der Waals surface area contributed by atoms with E-state index in [4.69, 9.17) is 4.74 Å². The fourth-order valence-corrected chi connectivity index (χ4v) is 5.82. The number of sulfonamides is 1. The van der Waals surface area contributed by atoms with Crippen LogP contribution < -0.4 is 10.1 Å². The third-order valence-electron chi connectivity index (χ3n) is 5.67. The zero-order valence-corrected chi connectivity index (χ0v) is 17.5. The lowest BCUT2D eigenvalue weighted by atomic mass is 10.0. The number of hydrogen-bond acceptors (Lipinski definition) is 6. The first-order chi connectivity index (χ1) is 14.3. The Bertz CT molecular complexity index is 1040. The van der Waals surface area contributed by atoms with Crippen molar-refractivity contribution < 1.29 is 17.9 Å². The summed E-state index contributed by atoms with van der Waals surface area (Å²) in [5.41, 5.74) is 0.734. The molecule has 9 heteroatoms. The fourth-order valence-electron chi connectivity index (χ4n) is 4.27. The molecule has 158 valence electrons. The predicted molar refractivity (Wildman–Crippen MR) is 110 cm³/mol. The SMILES string of the molecule is C=CC(=O)NC1CC2CN(S(=O)(=O)c3ccc(Oc4cncc(C)n4)cc3)CC2C1. The second-order valence-electron chi connectivity index (χ2n) is 7.80. The Hall–Kier alpha value is -2.78. The van der Waals surface area contributed by atoms with Crippen LogP contribution in [0.1, 0.15) is 18.5 Å². The van der Waals surface area contributed by atoms with E-state index in [0.717, 1.165) is 18.5 Å². The highest BCUT2D eigenvalue weighted by atomic mass is 32.2. The van der Waals surface area contributed by atoms with Crippen LogP contribution in [0.15, 0.2) is 54.2 Å². The summed E-state index contributed by atoms with van der Waals surface area (Å²) < 4.78 is 33.3. The normalized spacial score (nSPS) is 23.7. The zero-order chi connectivity index (χ0) is 21.3. The Kier molecular flexibility index (Phi) is 5.57. The number of aromatic nitrogens is 2. The molecule has 4 rings (SSSR count). The highest BCUT2D eigenvalue weighted by Crippen LogP contribution is 2.40. The number of ether oxygens (including phenoxy) is 1. The molecule has 0 spiro atoms. The molecular weight excluding hydrogens is 404 g/mol. The van der Waals surface area contributed by atoms with Crippen molar-refractivity contribution in [1.29, 1.82) is 0 Å². The van der Waals surface area contributed by atoms with Gasteiger partial charge in [-0.1, -0.05) is 6.58 Å². The lowest BCUT2D eigenvalue weighted by Crippen LogP contribution is -2.35. The molecule has 1 aliphatic heterocycles. The molecule has 30 heavy (non-hydrogen) atoms. The lowest BCUT2D eigenvalue weighted by Gasteiger charge is -2.19. The van der Waals surface area contributed by atoms with Gasteiger partial charge in [-0.2, -0.15) is 4.31 Å².